The molecule has 0 heterocycles. The Morgan fingerprint density at radius 3 is 2.11 bits per heavy atom. The summed E-state index contributed by atoms with van der Waals surface area (Å²) in [4.78, 5) is 10.8. The van der Waals surface area contributed by atoms with E-state index in [1.54, 1.807) is 24.3 Å². The molecule has 2 N–H and O–H groups in total. The number of halogens is 2. The molecular formula is C13H8Cl2O3. The quantitative estimate of drug-likeness (QED) is 0.873. The van der Waals surface area contributed by atoms with Crippen LogP contribution >= 0.6 is 23.2 Å². The zero-order valence-electron chi connectivity index (χ0n) is 9.02. The third-order valence-electron chi connectivity index (χ3n) is 2.48. The number of aromatic hydroxyl groups is 1. The van der Waals surface area contributed by atoms with Gasteiger partial charge in [0.2, 0.25) is 0 Å². The Morgan fingerprint density at radius 2 is 1.56 bits per heavy atom. The van der Waals surface area contributed by atoms with Crippen molar-refractivity contribution >= 4 is 29.2 Å². The molecule has 18 heavy (non-hydrogen) atoms. The van der Waals surface area contributed by atoms with Gasteiger partial charge in [0.25, 0.3) is 0 Å². The van der Waals surface area contributed by atoms with Crippen LogP contribution in [-0.2, 0) is 0 Å². The smallest absolute Gasteiger partial charge is 0.339 e. The summed E-state index contributed by atoms with van der Waals surface area (Å²) in [5, 5.41) is 19.3. The molecule has 2 rings (SSSR count). The van der Waals surface area contributed by atoms with E-state index in [9.17, 15) is 9.90 Å². The van der Waals surface area contributed by atoms with Gasteiger partial charge < -0.3 is 10.2 Å². The van der Waals surface area contributed by atoms with Crippen molar-refractivity contribution in [1.29, 1.82) is 0 Å². The Hall–Kier alpha value is -1.71. The van der Waals surface area contributed by atoms with Crippen molar-refractivity contribution in [3.63, 3.8) is 0 Å². The standard InChI is InChI=1S/C13H8Cl2O3/c14-10-4-2-7(5-11(10)15)8-1-3-9(13(17)18)12(16)6-8/h1-6,16H,(H,17,18). The predicted molar refractivity (Wildman–Crippen MR) is 70.5 cm³/mol. The highest BCUT2D eigenvalue weighted by Gasteiger charge is 2.11. The number of aromatic carboxylic acids is 1. The molecule has 0 bridgehead atoms. The van der Waals surface area contributed by atoms with Gasteiger partial charge in [-0.15, -0.1) is 0 Å². The molecule has 0 spiro atoms. The second-order valence-corrected chi connectivity index (χ2v) is 4.48. The van der Waals surface area contributed by atoms with Gasteiger partial charge in [-0.2, -0.15) is 0 Å². The van der Waals surface area contributed by atoms with E-state index in [-0.39, 0.29) is 11.3 Å². The number of hydrogen-bond donors (Lipinski definition) is 2. The number of carbonyl (C=O) groups is 1. The maximum Gasteiger partial charge on any atom is 0.339 e. The second kappa shape index (κ2) is 4.88. The van der Waals surface area contributed by atoms with Crippen LogP contribution in [0.3, 0.4) is 0 Å². The van der Waals surface area contributed by atoms with Gasteiger partial charge in [-0.25, -0.2) is 4.79 Å². The van der Waals surface area contributed by atoms with E-state index in [1.807, 2.05) is 0 Å². The van der Waals surface area contributed by atoms with Crippen molar-refractivity contribution in [3.05, 3.63) is 52.0 Å². The van der Waals surface area contributed by atoms with E-state index in [0.29, 0.717) is 15.6 Å². The number of carboxylic acids is 1. The fraction of sp³-hybridized carbons (Fsp3) is 0. The van der Waals surface area contributed by atoms with E-state index in [1.165, 1.54) is 12.1 Å². The highest BCUT2D eigenvalue weighted by atomic mass is 35.5. The van der Waals surface area contributed by atoms with Gasteiger partial charge >= 0.3 is 5.97 Å². The first-order valence-corrected chi connectivity index (χ1v) is 5.76. The lowest BCUT2D eigenvalue weighted by Crippen LogP contribution is -1.96. The van der Waals surface area contributed by atoms with Gasteiger partial charge in [0, 0.05) is 0 Å². The Kier molecular flexibility index (Phi) is 3.45. The molecule has 92 valence electrons. The molecule has 2 aromatic carbocycles. The van der Waals surface area contributed by atoms with Crippen molar-refractivity contribution in [2.75, 3.05) is 0 Å². The maximum absolute atomic E-state index is 10.8. The first kappa shape index (κ1) is 12.7. The molecule has 0 atom stereocenters. The molecule has 0 amide bonds. The number of carboxylic acid groups (broad SMARTS) is 1. The van der Waals surface area contributed by atoms with Gasteiger partial charge in [-0.1, -0.05) is 35.3 Å². The lowest BCUT2D eigenvalue weighted by Gasteiger charge is -2.06. The van der Waals surface area contributed by atoms with Gasteiger partial charge in [-0.05, 0) is 35.4 Å². The fourth-order valence-electron chi connectivity index (χ4n) is 1.57. The minimum absolute atomic E-state index is 0.140. The van der Waals surface area contributed by atoms with Crippen molar-refractivity contribution in [1.82, 2.24) is 0 Å². The van der Waals surface area contributed by atoms with Gasteiger partial charge in [0.05, 0.1) is 10.0 Å². The van der Waals surface area contributed by atoms with Crippen LogP contribution in [0, 0.1) is 0 Å². The van der Waals surface area contributed by atoms with Crippen LogP contribution in [0.2, 0.25) is 10.0 Å². The molecular weight excluding hydrogens is 275 g/mol. The highest BCUT2D eigenvalue weighted by molar-refractivity contribution is 6.42. The lowest BCUT2D eigenvalue weighted by molar-refractivity contribution is 0.0694. The number of hydrogen-bond acceptors (Lipinski definition) is 2. The zero-order chi connectivity index (χ0) is 13.3. The molecule has 5 heteroatoms. The van der Waals surface area contributed by atoms with E-state index >= 15 is 0 Å². The molecule has 0 radical (unpaired) electrons. The van der Waals surface area contributed by atoms with Crippen molar-refractivity contribution in [3.8, 4) is 16.9 Å². The average molecular weight is 283 g/mol. The monoisotopic (exact) mass is 282 g/mol. The number of benzene rings is 2. The molecule has 0 aliphatic carbocycles. The largest absolute Gasteiger partial charge is 0.507 e. The topological polar surface area (TPSA) is 57.5 Å². The summed E-state index contributed by atoms with van der Waals surface area (Å²) < 4.78 is 0. The Morgan fingerprint density at radius 1 is 0.944 bits per heavy atom. The molecule has 0 aliphatic heterocycles. The third-order valence-corrected chi connectivity index (χ3v) is 3.22. The highest BCUT2D eigenvalue weighted by Crippen LogP contribution is 2.31. The normalized spacial score (nSPS) is 10.3. The number of phenols is 1. The van der Waals surface area contributed by atoms with E-state index in [4.69, 9.17) is 28.3 Å². The average Bonchev–Trinajstić information content (AvgIpc) is 2.32. The molecule has 3 nitrogen and oxygen atoms in total. The minimum atomic E-state index is -1.17. The Labute approximate surface area is 113 Å². The summed E-state index contributed by atoms with van der Waals surface area (Å²) in [6, 6.07) is 9.35. The summed E-state index contributed by atoms with van der Waals surface area (Å²) >= 11 is 11.7. The second-order valence-electron chi connectivity index (χ2n) is 3.67. The maximum atomic E-state index is 10.8. The van der Waals surface area contributed by atoms with Gasteiger partial charge in [0.15, 0.2) is 0 Å². The van der Waals surface area contributed by atoms with Crippen molar-refractivity contribution in [2.45, 2.75) is 0 Å². The first-order chi connectivity index (χ1) is 8.49. The van der Waals surface area contributed by atoms with Crippen LogP contribution in [0.1, 0.15) is 10.4 Å². The molecule has 0 fully saturated rings. The van der Waals surface area contributed by atoms with Gasteiger partial charge in [0.1, 0.15) is 11.3 Å². The van der Waals surface area contributed by atoms with Crippen LogP contribution < -0.4 is 0 Å². The summed E-state index contributed by atoms with van der Waals surface area (Å²) in [5.41, 5.74) is 1.27. The van der Waals surface area contributed by atoms with Gasteiger partial charge in [-0.3, -0.25) is 0 Å². The van der Waals surface area contributed by atoms with Crippen LogP contribution in [0.4, 0.5) is 0 Å². The predicted octanol–water partition coefficient (Wildman–Crippen LogP) is 4.06. The number of rotatable bonds is 2. The first-order valence-electron chi connectivity index (χ1n) is 5.01. The summed E-state index contributed by atoms with van der Waals surface area (Å²) in [6.45, 7) is 0. The van der Waals surface area contributed by atoms with Crippen LogP contribution in [0.15, 0.2) is 36.4 Å². The van der Waals surface area contributed by atoms with Crippen LogP contribution in [0.25, 0.3) is 11.1 Å². The lowest BCUT2D eigenvalue weighted by atomic mass is 10.0. The van der Waals surface area contributed by atoms with E-state index < -0.39 is 5.97 Å². The van der Waals surface area contributed by atoms with Crippen molar-refractivity contribution < 1.29 is 15.0 Å². The summed E-state index contributed by atoms with van der Waals surface area (Å²) in [5.74, 6) is -1.46. The van der Waals surface area contributed by atoms with Crippen molar-refractivity contribution in [2.24, 2.45) is 0 Å². The molecule has 0 aromatic heterocycles. The zero-order valence-corrected chi connectivity index (χ0v) is 10.5. The fourth-order valence-corrected chi connectivity index (χ4v) is 1.87. The minimum Gasteiger partial charge on any atom is -0.507 e. The molecule has 0 saturated heterocycles. The Bertz CT molecular complexity index is 624. The molecule has 0 aliphatic rings. The summed E-state index contributed by atoms with van der Waals surface area (Å²) in [6.07, 6.45) is 0. The Balaban J connectivity index is 2.48. The third kappa shape index (κ3) is 2.42. The summed E-state index contributed by atoms with van der Waals surface area (Å²) in [7, 11) is 0. The molecule has 0 unspecified atom stereocenters. The molecule has 0 saturated carbocycles. The van der Waals surface area contributed by atoms with E-state index in [0.717, 1.165) is 5.56 Å². The molecule has 2 aromatic rings. The van der Waals surface area contributed by atoms with E-state index in [2.05, 4.69) is 0 Å². The van der Waals surface area contributed by atoms with Crippen LogP contribution in [0.5, 0.6) is 5.75 Å². The SMILES string of the molecule is O=C(O)c1ccc(-c2ccc(Cl)c(Cl)c2)cc1O. The van der Waals surface area contributed by atoms with Crippen LogP contribution in [-0.4, -0.2) is 16.2 Å².